The molecule has 1 heterocycles. The summed E-state index contributed by atoms with van der Waals surface area (Å²) in [5.41, 5.74) is 1.56. The number of pyridine rings is 1. The molecule has 0 spiro atoms. The smallest absolute Gasteiger partial charge is 0.336 e. The number of thioether (sulfide) groups is 1. The zero-order chi connectivity index (χ0) is 13.1. The summed E-state index contributed by atoms with van der Waals surface area (Å²) in [6.45, 7) is 0. The minimum absolute atomic E-state index is 0.160. The van der Waals surface area contributed by atoms with Crippen LogP contribution in [0, 0.1) is 0 Å². The van der Waals surface area contributed by atoms with E-state index in [1.165, 1.54) is 12.3 Å². The number of aromatic nitrogens is 1. The first-order valence-corrected chi connectivity index (χ1v) is 6.75. The Balaban J connectivity index is 2.59. The number of hydrogen-bond acceptors (Lipinski definition) is 3. The minimum Gasteiger partial charge on any atom is -0.478 e. The lowest BCUT2D eigenvalue weighted by Crippen LogP contribution is -2.00. The number of carbonyl (C=O) groups is 1. The summed E-state index contributed by atoms with van der Waals surface area (Å²) in [4.78, 5) is 16.2. The standard InChI is InChI=1S/C13H10ClNO2S/c1-18-9-4-2-3-8(5-9)11-7-15-12(14)6-10(11)13(16)17/h2-7H,1H3,(H,16,17). The molecule has 0 radical (unpaired) electrons. The van der Waals surface area contributed by atoms with Gasteiger partial charge >= 0.3 is 5.97 Å². The van der Waals surface area contributed by atoms with Crippen molar-refractivity contribution in [2.75, 3.05) is 6.26 Å². The van der Waals surface area contributed by atoms with Crippen LogP contribution in [0.1, 0.15) is 10.4 Å². The van der Waals surface area contributed by atoms with Crippen LogP contribution in [-0.2, 0) is 0 Å². The van der Waals surface area contributed by atoms with Gasteiger partial charge in [0, 0.05) is 16.7 Å². The fourth-order valence-corrected chi connectivity index (χ4v) is 2.24. The van der Waals surface area contributed by atoms with Crippen molar-refractivity contribution in [3.63, 3.8) is 0 Å². The van der Waals surface area contributed by atoms with E-state index in [1.807, 2.05) is 30.5 Å². The van der Waals surface area contributed by atoms with Gasteiger partial charge in [0.2, 0.25) is 0 Å². The van der Waals surface area contributed by atoms with Crippen molar-refractivity contribution in [3.05, 3.63) is 47.2 Å². The van der Waals surface area contributed by atoms with Gasteiger partial charge in [-0.15, -0.1) is 11.8 Å². The average molecular weight is 280 g/mol. The van der Waals surface area contributed by atoms with Gasteiger partial charge in [0.25, 0.3) is 0 Å². The van der Waals surface area contributed by atoms with Crippen molar-refractivity contribution in [2.45, 2.75) is 4.90 Å². The number of carboxylic acid groups (broad SMARTS) is 1. The van der Waals surface area contributed by atoms with E-state index < -0.39 is 5.97 Å². The number of carboxylic acids is 1. The molecule has 0 aliphatic heterocycles. The molecule has 2 rings (SSSR count). The molecule has 0 fully saturated rings. The van der Waals surface area contributed by atoms with Gasteiger partial charge in [-0.3, -0.25) is 0 Å². The van der Waals surface area contributed by atoms with Gasteiger partial charge < -0.3 is 5.11 Å². The summed E-state index contributed by atoms with van der Waals surface area (Å²) >= 11 is 7.33. The number of hydrogen-bond donors (Lipinski definition) is 1. The molecule has 0 amide bonds. The monoisotopic (exact) mass is 279 g/mol. The van der Waals surface area contributed by atoms with Crippen LogP contribution in [0.3, 0.4) is 0 Å². The van der Waals surface area contributed by atoms with E-state index in [-0.39, 0.29) is 10.7 Å². The molecular weight excluding hydrogens is 270 g/mol. The Bertz CT molecular complexity index is 601. The van der Waals surface area contributed by atoms with E-state index in [0.29, 0.717) is 5.56 Å². The molecule has 2 aromatic rings. The highest BCUT2D eigenvalue weighted by molar-refractivity contribution is 7.98. The van der Waals surface area contributed by atoms with E-state index in [0.717, 1.165) is 10.5 Å². The average Bonchev–Trinajstić information content (AvgIpc) is 2.38. The number of aromatic carboxylic acids is 1. The van der Waals surface area contributed by atoms with Gasteiger partial charge in [-0.1, -0.05) is 23.7 Å². The van der Waals surface area contributed by atoms with E-state index in [2.05, 4.69) is 4.98 Å². The van der Waals surface area contributed by atoms with Crippen LogP contribution in [0.4, 0.5) is 0 Å². The molecule has 5 heteroatoms. The van der Waals surface area contributed by atoms with Crippen LogP contribution < -0.4 is 0 Å². The Labute approximate surface area is 114 Å². The molecule has 3 nitrogen and oxygen atoms in total. The lowest BCUT2D eigenvalue weighted by atomic mass is 10.0. The number of halogens is 1. The predicted molar refractivity (Wildman–Crippen MR) is 73.4 cm³/mol. The Morgan fingerprint density at radius 2 is 2.17 bits per heavy atom. The molecule has 0 atom stereocenters. The molecule has 92 valence electrons. The summed E-state index contributed by atoms with van der Waals surface area (Å²) in [7, 11) is 0. The first-order chi connectivity index (χ1) is 8.61. The van der Waals surface area contributed by atoms with E-state index in [1.54, 1.807) is 11.8 Å². The van der Waals surface area contributed by atoms with Crippen LogP contribution in [0.25, 0.3) is 11.1 Å². The van der Waals surface area contributed by atoms with Gasteiger partial charge in [-0.05, 0) is 30.0 Å². The summed E-state index contributed by atoms with van der Waals surface area (Å²) in [6, 6.07) is 9.02. The Morgan fingerprint density at radius 1 is 1.39 bits per heavy atom. The maximum absolute atomic E-state index is 11.2. The first kappa shape index (κ1) is 12.9. The number of nitrogens with zero attached hydrogens (tertiary/aromatic N) is 1. The maximum Gasteiger partial charge on any atom is 0.336 e. The maximum atomic E-state index is 11.2. The molecule has 1 N–H and O–H groups in total. The molecule has 0 unspecified atom stereocenters. The van der Waals surface area contributed by atoms with Crippen molar-refractivity contribution in [2.24, 2.45) is 0 Å². The summed E-state index contributed by atoms with van der Waals surface area (Å²) in [5.74, 6) is -1.01. The lowest BCUT2D eigenvalue weighted by Gasteiger charge is -2.07. The second kappa shape index (κ2) is 5.42. The SMILES string of the molecule is CSc1cccc(-c2cnc(Cl)cc2C(=O)O)c1. The second-order valence-electron chi connectivity index (χ2n) is 3.59. The van der Waals surface area contributed by atoms with Crippen molar-refractivity contribution in [1.29, 1.82) is 0 Å². The lowest BCUT2D eigenvalue weighted by molar-refractivity contribution is 0.0697. The summed E-state index contributed by atoms with van der Waals surface area (Å²) < 4.78 is 0. The van der Waals surface area contributed by atoms with Crippen LogP contribution >= 0.6 is 23.4 Å². The third-order valence-corrected chi connectivity index (χ3v) is 3.41. The topological polar surface area (TPSA) is 50.2 Å². The Kier molecular flexibility index (Phi) is 3.89. The van der Waals surface area contributed by atoms with Gasteiger partial charge in [0.15, 0.2) is 0 Å². The van der Waals surface area contributed by atoms with Crippen LogP contribution in [-0.4, -0.2) is 22.3 Å². The zero-order valence-electron chi connectivity index (χ0n) is 9.55. The molecule has 1 aromatic carbocycles. The van der Waals surface area contributed by atoms with E-state index in [4.69, 9.17) is 11.6 Å². The fourth-order valence-electron chi connectivity index (χ4n) is 1.63. The molecule has 1 aromatic heterocycles. The van der Waals surface area contributed by atoms with Crippen molar-refractivity contribution in [3.8, 4) is 11.1 Å². The highest BCUT2D eigenvalue weighted by Crippen LogP contribution is 2.28. The Hall–Kier alpha value is -1.52. The van der Waals surface area contributed by atoms with Crippen LogP contribution in [0.15, 0.2) is 41.4 Å². The molecule has 18 heavy (non-hydrogen) atoms. The molecule has 0 aliphatic carbocycles. The molecule has 0 bridgehead atoms. The first-order valence-electron chi connectivity index (χ1n) is 5.15. The van der Waals surface area contributed by atoms with Gasteiger partial charge in [0.1, 0.15) is 5.15 Å². The van der Waals surface area contributed by atoms with E-state index in [9.17, 15) is 9.90 Å². The molecule has 0 aliphatic rings. The van der Waals surface area contributed by atoms with E-state index >= 15 is 0 Å². The van der Waals surface area contributed by atoms with Crippen molar-refractivity contribution >= 4 is 29.3 Å². The molecular formula is C13H10ClNO2S. The number of benzene rings is 1. The summed E-state index contributed by atoms with van der Waals surface area (Å²) in [5, 5.41) is 9.36. The highest BCUT2D eigenvalue weighted by atomic mass is 35.5. The zero-order valence-corrected chi connectivity index (χ0v) is 11.1. The van der Waals surface area contributed by atoms with Crippen LogP contribution in [0.2, 0.25) is 5.15 Å². The minimum atomic E-state index is -1.01. The second-order valence-corrected chi connectivity index (χ2v) is 4.86. The largest absolute Gasteiger partial charge is 0.478 e. The van der Waals surface area contributed by atoms with Gasteiger partial charge in [-0.25, -0.2) is 9.78 Å². The number of rotatable bonds is 3. The van der Waals surface area contributed by atoms with Crippen molar-refractivity contribution < 1.29 is 9.90 Å². The summed E-state index contributed by atoms with van der Waals surface area (Å²) in [6.07, 6.45) is 3.46. The fraction of sp³-hybridized carbons (Fsp3) is 0.0769. The highest BCUT2D eigenvalue weighted by Gasteiger charge is 2.13. The van der Waals surface area contributed by atoms with Gasteiger partial charge in [0.05, 0.1) is 5.56 Å². The predicted octanol–water partition coefficient (Wildman–Crippen LogP) is 3.82. The van der Waals surface area contributed by atoms with Gasteiger partial charge in [-0.2, -0.15) is 0 Å². The normalized spacial score (nSPS) is 10.3. The third-order valence-electron chi connectivity index (χ3n) is 2.48. The molecule has 0 saturated heterocycles. The Morgan fingerprint density at radius 3 is 2.83 bits per heavy atom. The third kappa shape index (κ3) is 2.66. The molecule has 0 saturated carbocycles. The quantitative estimate of drug-likeness (QED) is 0.685. The van der Waals surface area contributed by atoms with Crippen LogP contribution in [0.5, 0.6) is 0 Å². The van der Waals surface area contributed by atoms with Crippen molar-refractivity contribution in [1.82, 2.24) is 4.98 Å².